The molecule has 0 bridgehead atoms. The molecule has 0 aliphatic carbocycles. The molecule has 0 saturated heterocycles. The Morgan fingerprint density at radius 3 is 2.46 bits per heavy atom. The van der Waals surface area contributed by atoms with Crippen LogP contribution in [0.1, 0.15) is 21.9 Å². The summed E-state index contributed by atoms with van der Waals surface area (Å²) in [7, 11) is -1.22. The van der Waals surface area contributed by atoms with Crippen molar-refractivity contribution in [3.63, 3.8) is 0 Å². The van der Waals surface area contributed by atoms with E-state index in [2.05, 4.69) is 21.2 Å². The lowest BCUT2D eigenvalue weighted by Gasteiger charge is -2.03. The fourth-order valence-corrected chi connectivity index (χ4v) is 3.71. The molecular formula is C20H18BrNO3S. The molecule has 0 unspecified atom stereocenters. The van der Waals surface area contributed by atoms with Crippen LogP contribution in [0.5, 0.6) is 0 Å². The second-order valence-electron chi connectivity index (χ2n) is 5.70. The molecule has 1 N–H and O–H groups in total. The number of carbonyl (C=O) groups excluding carboxylic acids is 1. The van der Waals surface area contributed by atoms with Crippen LogP contribution in [0.2, 0.25) is 0 Å². The summed E-state index contributed by atoms with van der Waals surface area (Å²) in [5.74, 6) is 0.737. The van der Waals surface area contributed by atoms with Crippen LogP contribution in [0.3, 0.4) is 0 Å². The lowest BCUT2D eigenvalue weighted by Crippen LogP contribution is -2.25. The number of nitrogens with one attached hydrogen (secondary N) is 1. The van der Waals surface area contributed by atoms with Gasteiger partial charge in [0.1, 0.15) is 5.76 Å². The number of hydrogen-bond donors (Lipinski definition) is 1. The standard InChI is InChI=1S/C20H18BrNO3S/c21-16-6-9-18(10-7-16)26(24)14-17-8-11-19(25-17)20(23)22-13-12-15-4-2-1-3-5-15/h1-11H,12-14H2,(H,22,23)/t26-/m1/s1. The average molecular weight is 432 g/mol. The number of amides is 1. The van der Waals surface area contributed by atoms with Crippen molar-refractivity contribution in [2.45, 2.75) is 17.1 Å². The maximum Gasteiger partial charge on any atom is 0.287 e. The van der Waals surface area contributed by atoms with E-state index in [4.69, 9.17) is 4.42 Å². The van der Waals surface area contributed by atoms with E-state index < -0.39 is 10.8 Å². The Balaban J connectivity index is 1.52. The van der Waals surface area contributed by atoms with Crippen LogP contribution in [0.4, 0.5) is 0 Å². The van der Waals surface area contributed by atoms with Gasteiger partial charge >= 0.3 is 0 Å². The van der Waals surface area contributed by atoms with Gasteiger partial charge in [-0.2, -0.15) is 0 Å². The van der Waals surface area contributed by atoms with Crippen molar-refractivity contribution in [1.29, 1.82) is 0 Å². The Morgan fingerprint density at radius 2 is 1.73 bits per heavy atom. The largest absolute Gasteiger partial charge is 0.455 e. The zero-order chi connectivity index (χ0) is 18.4. The summed E-state index contributed by atoms with van der Waals surface area (Å²) in [4.78, 5) is 12.9. The summed E-state index contributed by atoms with van der Waals surface area (Å²) in [5.41, 5.74) is 1.16. The molecule has 0 fully saturated rings. The third-order valence-electron chi connectivity index (χ3n) is 3.78. The van der Waals surface area contributed by atoms with Crippen molar-refractivity contribution < 1.29 is 13.4 Å². The quantitative estimate of drug-likeness (QED) is 0.605. The highest BCUT2D eigenvalue weighted by Gasteiger charge is 2.13. The molecule has 1 amide bonds. The minimum absolute atomic E-state index is 0.235. The van der Waals surface area contributed by atoms with E-state index in [1.54, 1.807) is 24.3 Å². The monoisotopic (exact) mass is 431 g/mol. The summed E-state index contributed by atoms with van der Waals surface area (Å²) in [6, 6.07) is 20.6. The molecule has 0 aliphatic heterocycles. The number of benzene rings is 2. The van der Waals surface area contributed by atoms with Crippen LogP contribution < -0.4 is 5.32 Å². The average Bonchev–Trinajstić information content (AvgIpc) is 3.11. The van der Waals surface area contributed by atoms with E-state index in [-0.39, 0.29) is 17.4 Å². The van der Waals surface area contributed by atoms with Crippen LogP contribution in [-0.4, -0.2) is 16.7 Å². The van der Waals surface area contributed by atoms with Crippen LogP contribution >= 0.6 is 15.9 Å². The number of furan rings is 1. The number of rotatable bonds is 7. The van der Waals surface area contributed by atoms with Gasteiger partial charge in [0.05, 0.1) is 16.6 Å². The zero-order valence-electron chi connectivity index (χ0n) is 14.0. The number of hydrogen-bond acceptors (Lipinski definition) is 3. The smallest absolute Gasteiger partial charge is 0.287 e. The fourth-order valence-electron chi connectivity index (χ4n) is 2.43. The summed E-state index contributed by atoms with van der Waals surface area (Å²) in [5, 5.41) is 2.84. The van der Waals surface area contributed by atoms with Gasteiger partial charge in [-0.25, -0.2) is 0 Å². The first-order valence-corrected chi connectivity index (χ1v) is 10.3. The maximum atomic E-state index is 12.4. The maximum absolute atomic E-state index is 12.4. The molecule has 26 heavy (non-hydrogen) atoms. The topological polar surface area (TPSA) is 59.3 Å². The molecule has 3 rings (SSSR count). The molecule has 1 aromatic heterocycles. The third-order valence-corrected chi connectivity index (χ3v) is 5.65. The van der Waals surface area contributed by atoms with E-state index >= 15 is 0 Å². The molecule has 134 valence electrons. The lowest BCUT2D eigenvalue weighted by atomic mass is 10.1. The molecule has 4 nitrogen and oxygen atoms in total. The van der Waals surface area contributed by atoms with Crippen LogP contribution in [-0.2, 0) is 23.0 Å². The van der Waals surface area contributed by atoms with Gasteiger partial charge in [0.2, 0.25) is 0 Å². The van der Waals surface area contributed by atoms with Crippen molar-refractivity contribution in [2.75, 3.05) is 6.54 Å². The van der Waals surface area contributed by atoms with Crippen LogP contribution in [0, 0.1) is 0 Å². The summed E-state index contributed by atoms with van der Waals surface area (Å²) in [6.07, 6.45) is 0.758. The van der Waals surface area contributed by atoms with Crippen molar-refractivity contribution in [2.24, 2.45) is 0 Å². The van der Waals surface area contributed by atoms with Gasteiger partial charge in [0.15, 0.2) is 5.76 Å². The molecule has 3 aromatic rings. The van der Waals surface area contributed by atoms with Gasteiger partial charge in [-0.15, -0.1) is 0 Å². The van der Waals surface area contributed by atoms with Crippen molar-refractivity contribution in [3.8, 4) is 0 Å². The summed E-state index contributed by atoms with van der Waals surface area (Å²) >= 11 is 3.35. The molecule has 2 aromatic carbocycles. The van der Waals surface area contributed by atoms with E-state index in [0.717, 1.165) is 21.4 Å². The first-order chi connectivity index (χ1) is 12.6. The second kappa shape index (κ2) is 8.96. The predicted octanol–water partition coefficient (Wildman–Crippen LogP) is 4.32. The molecule has 0 saturated carbocycles. The van der Waals surface area contributed by atoms with Gasteiger partial charge in [-0.05, 0) is 48.4 Å². The van der Waals surface area contributed by atoms with Crippen molar-refractivity contribution in [3.05, 3.63) is 88.3 Å². The molecular weight excluding hydrogens is 414 g/mol. The second-order valence-corrected chi connectivity index (χ2v) is 8.07. The van der Waals surface area contributed by atoms with Gasteiger partial charge < -0.3 is 9.73 Å². The van der Waals surface area contributed by atoms with E-state index in [9.17, 15) is 9.00 Å². The molecule has 6 heteroatoms. The van der Waals surface area contributed by atoms with Crippen molar-refractivity contribution in [1.82, 2.24) is 5.32 Å². The fraction of sp³-hybridized carbons (Fsp3) is 0.150. The Kier molecular flexibility index (Phi) is 6.41. The minimum Gasteiger partial charge on any atom is -0.455 e. The molecule has 0 spiro atoms. The minimum atomic E-state index is -1.22. The van der Waals surface area contributed by atoms with Gasteiger partial charge in [0, 0.05) is 15.9 Å². The van der Waals surface area contributed by atoms with Gasteiger partial charge in [-0.3, -0.25) is 9.00 Å². The SMILES string of the molecule is O=C(NCCc1ccccc1)c1ccc(C[S@@](=O)c2ccc(Br)cc2)o1. The van der Waals surface area contributed by atoms with Crippen LogP contribution in [0.25, 0.3) is 0 Å². The first-order valence-electron chi connectivity index (χ1n) is 8.16. The Hall–Kier alpha value is -2.18. The molecule has 0 radical (unpaired) electrons. The zero-order valence-corrected chi connectivity index (χ0v) is 16.4. The lowest BCUT2D eigenvalue weighted by molar-refractivity contribution is 0.0925. The Labute approximate surface area is 163 Å². The predicted molar refractivity (Wildman–Crippen MR) is 105 cm³/mol. The molecule has 0 aliphatic rings. The van der Waals surface area contributed by atoms with E-state index in [1.165, 1.54) is 0 Å². The first kappa shape index (κ1) is 18.6. The summed E-state index contributed by atoms with van der Waals surface area (Å²) in [6.45, 7) is 0.531. The van der Waals surface area contributed by atoms with Crippen LogP contribution in [0.15, 0.2) is 80.5 Å². The molecule has 1 atom stereocenters. The van der Waals surface area contributed by atoms with E-state index in [1.807, 2.05) is 42.5 Å². The van der Waals surface area contributed by atoms with Gasteiger partial charge in [-0.1, -0.05) is 46.3 Å². The third kappa shape index (κ3) is 5.16. The highest BCUT2D eigenvalue weighted by Crippen LogP contribution is 2.17. The highest BCUT2D eigenvalue weighted by molar-refractivity contribution is 9.10. The van der Waals surface area contributed by atoms with Gasteiger partial charge in [0.25, 0.3) is 5.91 Å². The Bertz CT molecular complexity index is 891. The number of carbonyl (C=O) groups is 1. The summed E-state index contributed by atoms with van der Waals surface area (Å²) < 4.78 is 18.9. The normalized spacial score (nSPS) is 11.9. The Morgan fingerprint density at radius 1 is 1.00 bits per heavy atom. The van der Waals surface area contributed by atoms with Crippen molar-refractivity contribution >= 4 is 32.6 Å². The number of halogens is 1. The molecule has 1 heterocycles. The van der Waals surface area contributed by atoms with E-state index in [0.29, 0.717) is 12.3 Å². The highest BCUT2D eigenvalue weighted by atomic mass is 79.9.